The van der Waals surface area contributed by atoms with Crippen LogP contribution in [0.3, 0.4) is 0 Å². The van der Waals surface area contributed by atoms with Crippen molar-refractivity contribution in [1.29, 1.82) is 0 Å². The molecule has 0 unspecified atom stereocenters. The summed E-state index contributed by atoms with van der Waals surface area (Å²) in [4.78, 5) is 8.23. The van der Waals surface area contributed by atoms with E-state index < -0.39 is 0 Å². The van der Waals surface area contributed by atoms with E-state index in [1.54, 1.807) is 35.2 Å². The van der Waals surface area contributed by atoms with Crippen molar-refractivity contribution in [2.45, 2.75) is 0 Å². The molecule has 0 fully saturated rings. The summed E-state index contributed by atoms with van der Waals surface area (Å²) in [6.45, 7) is 0. The van der Waals surface area contributed by atoms with Crippen molar-refractivity contribution >= 4 is 34.4 Å². The first kappa shape index (κ1) is 11.3. The van der Waals surface area contributed by atoms with Gasteiger partial charge in [0.2, 0.25) is 5.88 Å². The highest BCUT2D eigenvalue weighted by Crippen LogP contribution is 2.30. The van der Waals surface area contributed by atoms with E-state index in [4.69, 9.17) is 23.2 Å². The summed E-state index contributed by atoms with van der Waals surface area (Å²) in [6, 6.07) is 8.47. The average molecular weight is 280 g/mol. The SMILES string of the molecule is Oc1ccc2ncn(-c3cccc(Cl)c3Cl)c2n1. The standard InChI is InChI=1S/C12H7Cl2N3O/c13-7-2-1-3-9(11(7)14)17-6-15-8-4-5-10(18)16-12(8)17/h1-6H,(H,16,18). The molecule has 0 aliphatic rings. The summed E-state index contributed by atoms with van der Waals surface area (Å²) in [6.07, 6.45) is 1.59. The number of hydrogen-bond acceptors (Lipinski definition) is 3. The highest BCUT2D eigenvalue weighted by Gasteiger charge is 2.11. The number of imidazole rings is 1. The zero-order chi connectivity index (χ0) is 12.7. The predicted molar refractivity (Wildman–Crippen MR) is 70.5 cm³/mol. The normalized spacial score (nSPS) is 11.0. The number of halogens is 2. The van der Waals surface area contributed by atoms with Crippen molar-refractivity contribution < 1.29 is 5.11 Å². The number of nitrogens with zero attached hydrogens (tertiary/aromatic N) is 3. The third-order valence-electron chi connectivity index (χ3n) is 2.57. The second kappa shape index (κ2) is 4.15. The molecule has 0 aliphatic heterocycles. The molecular formula is C12H7Cl2N3O. The lowest BCUT2D eigenvalue weighted by atomic mass is 10.3. The van der Waals surface area contributed by atoms with Gasteiger partial charge in [0.15, 0.2) is 5.65 Å². The summed E-state index contributed by atoms with van der Waals surface area (Å²) in [7, 11) is 0. The summed E-state index contributed by atoms with van der Waals surface area (Å²) in [5.41, 5.74) is 1.87. The Kier molecular flexibility index (Phi) is 2.61. The molecule has 2 aromatic heterocycles. The Morgan fingerprint density at radius 1 is 1.11 bits per heavy atom. The van der Waals surface area contributed by atoms with Crippen molar-refractivity contribution in [1.82, 2.24) is 14.5 Å². The quantitative estimate of drug-likeness (QED) is 0.743. The number of fused-ring (bicyclic) bond motifs is 1. The van der Waals surface area contributed by atoms with Crippen LogP contribution in [0.5, 0.6) is 5.88 Å². The molecule has 0 saturated heterocycles. The summed E-state index contributed by atoms with van der Waals surface area (Å²) in [5.74, 6) is -0.0672. The smallest absolute Gasteiger partial charge is 0.212 e. The molecule has 6 heteroatoms. The van der Waals surface area contributed by atoms with E-state index in [0.717, 1.165) is 0 Å². The van der Waals surface area contributed by atoms with Gasteiger partial charge in [0, 0.05) is 6.07 Å². The highest BCUT2D eigenvalue weighted by atomic mass is 35.5. The molecule has 0 radical (unpaired) electrons. The van der Waals surface area contributed by atoms with Gasteiger partial charge in [-0.15, -0.1) is 0 Å². The number of aromatic hydroxyl groups is 1. The first-order valence-electron chi connectivity index (χ1n) is 5.14. The van der Waals surface area contributed by atoms with Gasteiger partial charge in [-0.3, -0.25) is 4.57 Å². The van der Waals surface area contributed by atoms with Crippen molar-refractivity contribution in [2.75, 3.05) is 0 Å². The minimum atomic E-state index is -0.0672. The van der Waals surface area contributed by atoms with Gasteiger partial charge in [-0.05, 0) is 18.2 Å². The Morgan fingerprint density at radius 3 is 2.78 bits per heavy atom. The van der Waals surface area contributed by atoms with Crippen LogP contribution in [0, 0.1) is 0 Å². The number of rotatable bonds is 1. The van der Waals surface area contributed by atoms with E-state index in [9.17, 15) is 5.11 Å². The third kappa shape index (κ3) is 1.70. The molecule has 0 saturated carbocycles. The molecule has 3 aromatic rings. The van der Waals surface area contributed by atoms with Crippen LogP contribution < -0.4 is 0 Å². The molecule has 0 amide bonds. The van der Waals surface area contributed by atoms with Crippen LogP contribution >= 0.6 is 23.2 Å². The van der Waals surface area contributed by atoms with E-state index in [-0.39, 0.29) is 5.88 Å². The molecule has 3 rings (SSSR count). The van der Waals surface area contributed by atoms with E-state index in [1.807, 2.05) is 0 Å². The van der Waals surface area contributed by atoms with Gasteiger partial charge in [0.25, 0.3) is 0 Å². The number of benzene rings is 1. The maximum absolute atomic E-state index is 9.43. The average Bonchev–Trinajstić information content (AvgIpc) is 2.75. The zero-order valence-corrected chi connectivity index (χ0v) is 10.5. The second-order valence-corrected chi connectivity index (χ2v) is 4.48. The van der Waals surface area contributed by atoms with Gasteiger partial charge in [-0.25, -0.2) is 4.98 Å². The molecule has 2 heterocycles. The molecule has 1 N–H and O–H groups in total. The van der Waals surface area contributed by atoms with E-state index in [1.165, 1.54) is 6.07 Å². The minimum absolute atomic E-state index is 0.0672. The van der Waals surface area contributed by atoms with Crippen LogP contribution in [0.25, 0.3) is 16.9 Å². The fraction of sp³-hybridized carbons (Fsp3) is 0. The lowest BCUT2D eigenvalue weighted by Crippen LogP contribution is -1.95. The van der Waals surface area contributed by atoms with E-state index in [0.29, 0.717) is 26.9 Å². The van der Waals surface area contributed by atoms with Gasteiger partial charge in [0.05, 0.1) is 15.7 Å². The number of hydrogen-bond donors (Lipinski definition) is 1. The maximum atomic E-state index is 9.43. The number of aromatic nitrogens is 3. The molecule has 0 bridgehead atoms. The van der Waals surface area contributed by atoms with Crippen LogP contribution in [-0.4, -0.2) is 19.6 Å². The minimum Gasteiger partial charge on any atom is -0.493 e. The topological polar surface area (TPSA) is 50.9 Å². The summed E-state index contributed by atoms with van der Waals surface area (Å²) >= 11 is 12.1. The molecule has 0 spiro atoms. The van der Waals surface area contributed by atoms with Crippen molar-refractivity contribution in [3.05, 3.63) is 46.7 Å². The molecule has 90 valence electrons. The Bertz CT molecular complexity index is 739. The van der Waals surface area contributed by atoms with Crippen LogP contribution in [0.2, 0.25) is 10.0 Å². The lowest BCUT2D eigenvalue weighted by Gasteiger charge is -2.07. The zero-order valence-electron chi connectivity index (χ0n) is 9.01. The molecule has 4 nitrogen and oxygen atoms in total. The van der Waals surface area contributed by atoms with Crippen molar-refractivity contribution in [2.24, 2.45) is 0 Å². The number of pyridine rings is 1. The highest BCUT2D eigenvalue weighted by molar-refractivity contribution is 6.43. The second-order valence-electron chi connectivity index (χ2n) is 3.70. The van der Waals surface area contributed by atoms with Gasteiger partial charge < -0.3 is 5.11 Å². The Hall–Kier alpha value is -1.78. The summed E-state index contributed by atoms with van der Waals surface area (Å²) in [5, 5.41) is 10.3. The van der Waals surface area contributed by atoms with Crippen LogP contribution in [-0.2, 0) is 0 Å². The lowest BCUT2D eigenvalue weighted by molar-refractivity contribution is 0.455. The van der Waals surface area contributed by atoms with Gasteiger partial charge in [-0.2, -0.15) is 4.98 Å². The Morgan fingerprint density at radius 2 is 1.94 bits per heavy atom. The van der Waals surface area contributed by atoms with Gasteiger partial charge >= 0.3 is 0 Å². The van der Waals surface area contributed by atoms with Crippen LogP contribution in [0.4, 0.5) is 0 Å². The first-order chi connectivity index (χ1) is 8.66. The van der Waals surface area contributed by atoms with Crippen LogP contribution in [0.15, 0.2) is 36.7 Å². The fourth-order valence-corrected chi connectivity index (χ4v) is 2.13. The van der Waals surface area contributed by atoms with Gasteiger partial charge in [-0.1, -0.05) is 29.3 Å². The molecule has 0 atom stereocenters. The predicted octanol–water partition coefficient (Wildman–Crippen LogP) is 3.43. The molecule has 1 aromatic carbocycles. The largest absolute Gasteiger partial charge is 0.493 e. The van der Waals surface area contributed by atoms with E-state index in [2.05, 4.69) is 9.97 Å². The summed E-state index contributed by atoms with van der Waals surface area (Å²) < 4.78 is 1.68. The first-order valence-corrected chi connectivity index (χ1v) is 5.90. The third-order valence-corrected chi connectivity index (χ3v) is 3.38. The molecule has 18 heavy (non-hydrogen) atoms. The van der Waals surface area contributed by atoms with E-state index >= 15 is 0 Å². The Labute approximate surface area is 112 Å². The fourth-order valence-electron chi connectivity index (χ4n) is 1.74. The van der Waals surface area contributed by atoms with Crippen molar-refractivity contribution in [3.63, 3.8) is 0 Å². The van der Waals surface area contributed by atoms with Crippen molar-refractivity contribution in [3.8, 4) is 11.6 Å². The monoisotopic (exact) mass is 279 g/mol. The molecule has 0 aliphatic carbocycles. The molecular weight excluding hydrogens is 273 g/mol. The van der Waals surface area contributed by atoms with Gasteiger partial charge in [0.1, 0.15) is 11.8 Å². The Balaban J connectivity index is 2.32. The maximum Gasteiger partial charge on any atom is 0.212 e. The van der Waals surface area contributed by atoms with Crippen LogP contribution in [0.1, 0.15) is 0 Å².